The van der Waals surface area contributed by atoms with E-state index in [1.54, 1.807) is 11.8 Å². The number of hydrogen-bond acceptors (Lipinski definition) is 2. The van der Waals surface area contributed by atoms with E-state index >= 15 is 0 Å². The fourth-order valence-electron chi connectivity index (χ4n) is 1.45. The maximum atomic E-state index is 9.06. The molecule has 1 aliphatic rings. The van der Waals surface area contributed by atoms with Crippen LogP contribution < -0.4 is 0 Å². The molecule has 1 aromatic carbocycles. The van der Waals surface area contributed by atoms with Crippen molar-refractivity contribution in [2.24, 2.45) is 5.92 Å². The number of thioether (sulfide) groups is 1. The molecule has 1 unspecified atom stereocenters. The molecule has 0 fully saturated rings. The summed E-state index contributed by atoms with van der Waals surface area (Å²) in [5.41, 5.74) is 0. The van der Waals surface area contributed by atoms with Crippen molar-refractivity contribution in [1.29, 1.82) is 0 Å². The van der Waals surface area contributed by atoms with E-state index in [9.17, 15) is 0 Å². The SMILES string of the molecule is OCC1C=CC=C(Sc2ccccc2)C=C1. The van der Waals surface area contributed by atoms with Crippen LogP contribution in [0.3, 0.4) is 0 Å². The number of aliphatic hydroxyl groups excluding tert-OH is 1. The van der Waals surface area contributed by atoms with Crippen LogP contribution in [0.4, 0.5) is 0 Å². The summed E-state index contributed by atoms with van der Waals surface area (Å²) in [6.45, 7) is 0.171. The average Bonchev–Trinajstić information content (AvgIpc) is 2.56. The molecule has 16 heavy (non-hydrogen) atoms. The summed E-state index contributed by atoms with van der Waals surface area (Å²) in [6, 6.07) is 10.3. The summed E-state index contributed by atoms with van der Waals surface area (Å²) >= 11 is 1.73. The van der Waals surface area contributed by atoms with Gasteiger partial charge in [-0.2, -0.15) is 0 Å². The normalized spacial score (nSPS) is 19.3. The number of benzene rings is 1. The van der Waals surface area contributed by atoms with Gasteiger partial charge in [-0.15, -0.1) is 0 Å². The Bertz CT molecular complexity index is 418. The van der Waals surface area contributed by atoms with Crippen LogP contribution in [0.15, 0.2) is 70.5 Å². The lowest BCUT2D eigenvalue weighted by molar-refractivity contribution is 0.274. The molecule has 1 nitrogen and oxygen atoms in total. The smallest absolute Gasteiger partial charge is 0.0528 e. The molecule has 1 atom stereocenters. The minimum absolute atomic E-state index is 0.144. The largest absolute Gasteiger partial charge is 0.395 e. The van der Waals surface area contributed by atoms with Crippen LogP contribution in [0.2, 0.25) is 0 Å². The van der Waals surface area contributed by atoms with Gasteiger partial charge in [0.1, 0.15) is 0 Å². The standard InChI is InChI=1S/C14H14OS/c15-11-12-5-4-8-14(10-9-12)16-13-6-2-1-3-7-13/h1-10,12,15H,11H2. The van der Waals surface area contributed by atoms with Crippen LogP contribution >= 0.6 is 11.8 Å². The molecule has 2 rings (SSSR count). The van der Waals surface area contributed by atoms with E-state index in [0.717, 1.165) is 0 Å². The predicted molar refractivity (Wildman–Crippen MR) is 69.2 cm³/mol. The highest BCUT2D eigenvalue weighted by atomic mass is 32.2. The number of allylic oxidation sites excluding steroid dienone is 3. The zero-order valence-corrected chi connectivity index (χ0v) is 9.73. The predicted octanol–water partition coefficient (Wildman–Crippen LogP) is 3.40. The average molecular weight is 230 g/mol. The van der Waals surface area contributed by atoms with Crippen molar-refractivity contribution in [3.05, 3.63) is 65.6 Å². The van der Waals surface area contributed by atoms with Crippen LogP contribution in [-0.2, 0) is 0 Å². The molecule has 0 aromatic heterocycles. The van der Waals surface area contributed by atoms with Crippen LogP contribution in [0, 0.1) is 5.92 Å². The fraction of sp³-hybridized carbons (Fsp3) is 0.143. The second-order valence-corrected chi connectivity index (χ2v) is 4.72. The lowest BCUT2D eigenvalue weighted by atomic mass is 10.1. The van der Waals surface area contributed by atoms with Gasteiger partial charge in [-0.25, -0.2) is 0 Å². The van der Waals surface area contributed by atoms with Gasteiger partial charge in [0.05, 0.1) is 6.61 Å². The molecule has 0 bridgehead atoms. The van der Waals surface area contributed by atoms with E-state index in [1.165, 1.54) is 9.80 Å². The van der Waals surface area contributed by atoms with E-state index in [4.69, 9.17) is 5.11 Å². The van der Waals surface area contributed by atoms with Crippen LogP contribution in [0.25, 0.3) is 0 Å². The third kappa shape index (κ3) is 3.12. The van der Waals surface area contributed by atoms with Crippen molar-refractivity contribution in [2.45, 2.75) is 4.90 Å². The van der Waals surface area contributed by atoms with E-state index in [-0.39, 0.29) is 12.5 Å². The first-order valence-electron chi connectivity index (χ1n) is 5.29. The Labute approximate surface area is 100 Å². The third-order valence-electron chi connectivity index (χ3n) is 2.32. The first-order valence-corrected chi connectivity index (χ1v) is 6.10. The molecule has 0 saturated carbocycles. The monoisotopic (exact) mass is 230 g/mol. The van der Waals surface area contributed by atoms with Crippen LogP contribution in [0.5, 0.6) is 0 Å². The van der Waals surface area contributed by atoms with Crippen LogP contribution in [-0.4, -0.2) is 11.7 Å². The maximum Gasteiger partial charge on any atom is 0.0528 e. The first-order chi connectivity index (χ1) is 7.88. The van der Waals surface area contributed by atoms with Gasteiger partial charge in [-0.1, -0.05) is 54.3 Å². The summed E-state index contributed by atoms with van der Waals surface area (Å²) in [7, 11) is 0. The lowest BCUT2D eigenvalue weighted by Crippen LogP contribution is -1.96. The minimum Gasteiger partial charge on any atom is -0.395 e. The van der Waals surface area contributed by atoms with E-state index in [0.29, 0.717) is 0 Å². The Morgan fingerprint density at radius 3 is 2.69 bits per heavy atom. The minimum atomic E-state index is 0.144. The molecule has 1 aliphatic carbocycles. The molecular formula is C14H14OS. The van der Waals surface area contributed by atoms with Crippen LogP contribution in [0.1, 0.15) is 0 Å². The zero-order valence-electron chi connectivity index (χ0n) is 8.91. The van der Waals surface area contributed by atoms with Crippen molar-refractivity contribution in [2.75, 3.05) is 6.61 Å². The topological polar surface area (TPSA) is 20.2 Å². The molecule has 0 amide bonds. The molecule has 0 saturated heterocycles. The second-order valence-electron chi connectivity index (χ2n) is 3.57. The Hall–Kier alpha value is -1.25. The van der Waals surface area contributed by atoms with Crippen molar-refractivity contribution in [1.82, 2.24) is 0 Å². The Balaban J connectivity index is 2.07. The summed E-state index contributed by atoms with van der Waals surface area (Å²) in [6.07, 6.45) is 10.2. The second kappa shape index (κ2) is 5.73. The van der Waals surface area contributed by atoms with E-state index in [1.807, 2.05) is 36.4 Å². The number of rotatable bonds is 3. The van der Waals surface area contributed by atoms with E-state index < -0.39 is 0 Å². The molecule has 0 aliphatic heterocycles. The summed E-state index contributed by atoms with van der Waals surface area (Å²) < 4.78 is 0. The van der Waals surface area contributed by atoms with Gasteiger partial charge in [0, 0.05) is 15.7 Å². The first kappa shape index (κ1) is 11.2. The van der Waals surface area contributed by atoms with Crippen molar-refractivity contribution < 1.29 is 5.11 Å². The number of hydrogen-bond donors (Lipinski definition) is 1. The highest BCUT2D eigenvalue weighted by Crippen LogP contribution is 2.28. The van der Waals surface area contributed by atoms with Gasteiger partial charge >= 0.3 is 0 Å². The summed E-state index contributed by atoms with van der Waals surface area (Å²) in [5.74, 6) is 0.144. The van der Waals surface area contributed by atoms with Gasteiger partial charge in [0.2, 0.25) is 0 Å². The van der Waals surface area contributed by atoms with Gasteiger partial charge in [-0.05, 0) is 18.2 Å². The molecule has 0 radical (unpaired) electrons. The van der Waals surface area contributed by atoms with Gasteiger partial charge in [-0.3, -0.25) is 0 Å². The quantitative estimate of drug-likeness (QED) is 0.858. The lowest BCUT2D eigenvalue weighted by Gasteiger charge is -2.01. The maximum absolute atomic E-state index is 9.06. The van der Waals surface area contributed by atoms with Gasteiger partial charge in [0.15, 0.2) is 0 Å². The Morgan fingerprint density at radius 2 is 1.94 bits per heavy atom. The molecule has 0 spiro atoms. The molecule has 1 aromatic rings. The number of aliphatic hydroxyl groups is 1. The third-order valence-corrected chi connectivity index (χ3v) is 3.33. The summed E-state index contributed by atoms with van der Waals surface area (Å²) in [4.78, 5) is 2.42. The van der Waals surface area contributed by atoms with Gasteiger partial charge in [0.25, 0.3) is 0 Å². The molecule has 1 N–H and O–H groups in total. The Morgan fingerprint density at radius 1 is 1.12 bits per heavy atom. The zero-order chi connectivity index (χ0) is 11.2. The molecule has 0 heterocycles. The molecule has 2 heteroatoms. The highest BCUT2D eigenvalue weighted by Gasteiger charge is 2.02. The Kier molecular flexibility index (Phi) is 4.03. The van der Waals surface area contributed by atoms with Gasteiger partial charge < -0.3 is 5.11 Å². The molecular weight excluding hydrogens is 216 g/mol. The fourth-order valence-corrected chi connectivity index (χ4v) is 2.30. The summed E-state index contributed by atoms with van der Waals surface area (Å²) in [5, 5.41) is 9.06. The van der Waals surface area contributed by atoms with E-state index in [2.05, 4.69) is 24.3 Å². The van der Waals surface area contributed by atoms with Crippen molar-refractivity contribution in [3.8, 4) is 0 Å². The van der Waals surface area contributed by atoms with Crippen molar-refractivity contribution in [3.63, 3.8) is 0 Å². The molecule has 82 valence electrons. The van der Waals surface area contributed by atoms with Crippen molar-refractivity contribution >= 4 is 11.8 Å². The highest BCUT2D eigenvalue weighted by molar-refractivity contribution is 8.03.